The molecule has 2 aliphatic carbocycles. The van der Waals surface area contributed by atoms with Crippen LogP contribution in [0.25, 0.3) is 0 Å². The van der Waals surface area contributed by atoms with Gasteiger partial charge in [-0.25, -0.2) is 0 Å². The number of fused-ring (bicyclic) bond motifs is 1. The Morgan fingerprint density at radius 2 is 2.22 bits per heavy atom. The van der Waals surface area contributed by atoms with Gasteiger partial charge in [0.2, 0.25) is 0 Å². The van der Waals surface area contributed by atoms with Crippen LogP contribution in [0.1, 0.15) is 26.7 Å². The minimum absolute atomic E-state index is 0.198. The molecule has 0 heterocycles. The third-order valence-electron chi connectivity index (χ3n) is 3.34. The lowest BCUT2D eigenvalue weighted by Crippen LogP contribution is -2.36. The normalized spacial score (nSPS) is 63.7. The summed E-state index contributed by atoms with van der Waals surface area (Å²) in [6.45, 7) is 4.54. The van der Waals surface area contributed by atoms with Gasteiger partial charge in [-0.05, 0) is 37.5 Å². The highest BCUT2D eigenvalue weighted by Gasteiger charge is 2.59. The monoisotopic (exact) mass is 125 g/mol. The van der Waals surface area contributed by atoms with Crippen LogP contribution in [0.3, 0.4) is 0 Å². The quantitative estimate of drug-likeness (QED) is 0.520. The Morgan fingerprint density at radius 3 is 2.44 bits per heavy atom. The zero-order valence-electron chi connectivity index (χ0n) is 6.22. The van der Waals surface area contributed by atoms with Crippen LogP contribution in [0, 0.1) is 17.8 Å². The molecular formula is C8H15N. The summed E-state index contributed by atoms with van der Waals surface area (Å²) in [7, 11) is 0. The third-order valence-corrected chi connectivity index (χ3v) is 3.34. The van der Waals surface area contributed by atoms with E-state index in [0.717, 1.165) is 17.8 Å². The highest BCUT2D eigenvalue weighted by atomic mass is 14.8. The van der Waals surface area contributed by atoms with E-state index >= 15 is 0 Å². The Labute approximate surface area is 56.6 Å². The van der Waals surface area contributed by atoms with Crippen molar-refractivity contribution in [1.29, 1.82) is 0 Å². The average Bonchev–Trinajstić information content (AvgIpc) is 2.24. The maximum atomic E-state index is 6.05. The van der Waals surface area contributed by atoms with Crippen LogP contribution in [-0.2, 0) is 0 Å². The van der Waals surface area contributed by atoms with Crippen molar-refractivity contribution in [2.24, 2.45) is 23.5 Å². The fourth-order valence-corrected chi connectivity index (χ4v) is 2.72. The van der Waals surface area contributed by atoms with Gasteiger partial charge in [-0.15, -0.1) is 0 Å². The van der Waals surface area contributed by atoms with Crippen LogP contribution < -0.4 is 5.73 Å². The molecule has 2 aliphatic rings. The summed E-state index contributed by atoms with van der Waals surface area (Å²) >= 11 is 0. The average molecular weight is 125 g/mol. The Morgan fingerprint density at radius 1 is 1.56 bits per heavy atom. The van der Waals surface area contributed by atoms with Crippen LogP contribution in [0.5, 0.6) is 0 Å². The largest absolute Gasteiger partial charge is 0.325 e. The molecule has 1 heteroatoms. The molecule has 2 fully saturated rings. The van der Waals surface area contributed by atoms with Crippen molar-refractivity contribution in [3.05, 3.63) is 0 Å². The topological polar surface area (TPSA) is 26.0 Å². The lowest BCUT2D eigenvalue weighted by atomic mass is 9.95. The fourth-order valence-electron chi connectivity index (χ4n) is 2.72. The predicted molar refractivity (Wildman–Crippen MR) is 38.0 cm³/mol. The third kappa shape index (κ3) is 0.586. The van der Waals surface area contributed by atoms with Crippen molar-refractivity contribution in [2.45, 2.75) is 32.2 Å². The van der Waals surface area contributed by atoms with E-state index in [1.54, 1.807) is 0 Å². The molecular weight excluding hydrogens is 110 g/mol. The summed E-state index contributed by atoms with van der Waals surface area (Å²) < 4.78 is 0. The van der Waals surface area contributed by atoms with E-state index in [1.165, 1.54) is 12.8 Å². The van der Waals surface area contributed by atoms with Crippen LogP contribution >= 0.6 is 0 Å². The van der Waals surface area contributed by atoms with Gasteiger partial charge in [-0.2, -0.15) is 0 Å². The molecule has 0 spiro atoms. The van der Waals surface area contributed by atoms with Crippen LogP contribution in [0.2, 0.25) is 0 Å². The highest BCUT2D eigenvalue weighted by Crippen LogP contribution is 2.60. The lowest BCUT2D eigenvalue weighted by molar-refractivity contribution is 0.395. The van der Waals surface area contributed by atoms with Gasteiger partial charge in [0.05, 0.1) is 0 Å². The molecule has 0 aliphatic heterocycles. The lowest BCUT2D eigenvalue weighted by Gasteiger charge is -2.20. The molecule has 52 valence electrons. The van der Waals surface area contributed by atoms with Gasteiger partial charge in [0.25, 0.3) is 0 Å². The molecule has 0 amide bonds. The Hall–Kier alpha value is -0.0400. The van der Waals surface area contributed by atoms with E-state index in [4.69, 9.17) is 5.73 Å². The zero-order chi connectivity index (χ0) is 6.65. The van der Waals surface area contributed by atoms with Crippen LogP contribution in [0.15, 0.2) is 0 Å². The summed E-state index contributed by atoms with van der Waals surface area (Å²) in [5.74, 6) is 2.81. The van der Waals surface area contributed by atoms with E-state index in [2.05, 4.69) is 13.8 Å². The number of hydrogen-bond acceptors (Lipinski definition) is 1. The summed E-state index contributed by atoms with van der Waals surface area (Å²) in [5, 5.41) is 0. The first kappa shape index (κ1) is 5.72. The van der Waals surface area contributed by atoms with E-state index in [9.17, 15) is 0 Å². The van der Waals surface area contributed by atoms with E-state index in [-0.39, 0.29) is 5.54 Å². The molecule has 1 nitrogen and oxygen atoms in total. The van der Waals surface area contributed by atoms with E-state index in [1.807, 2.05) is 0 Å². The second-order valence-corrected chi connectivity index (χ2v) is 4.09. The van der Waals surface area contributed by atoms with E-state index in [0.29, 0.717) is 0 Å². The number of rotatable bonds is 0. The molecule has 2 saturated carbocycles. The first-order valence-corrected chi connectivity index (χ1v) is 3.92. The Balaban J connectivity index is 2.16. The van der Waals surface area contributed by atoms with Crippen LogP contribution in [0.4, 0.5) is 0 Å². The van der Waals surface area contributed by atoms with E-state index < -0.39 is 0 Å². The van der Waals surface area contributed by atoms with Crippen molar-refractivity contribution in [2.75, 3.05) is 0 Å². The van der Waals surface area contributed by atoms with Crippen molar-refractivity contribution < 1.29 is 0 Å². The van der Waals surface area contributed by atoms with Crippen molar-refractivity contribution in [1.82, 2.24) is 0 Å². The predicted octanol–water partition coefficient (Wildman–Crippen LogP) is 1.38. The molecule has 9 heavy (non-hydrogen) atoms. The summed E-state index contributed by atoms with van der Waals surface area (Å²) in [5.41, 5.74) is 6.25. The zero-order valence-corrected chi connectivity index (χ0v) is 6.22. The molecule has 2 N–H and O–H groups in total. The van der Waals surface area contributed by atoms with Crippen molar-refractivity contribution in [3.8, 4) is 0 Å². The molecule has 0 aromatic carbocycles. The smallest absolute Gasteiger partial charge is 0.0159 e. The molecule has 2 rings (SSSR count). The second-order valence-electron chi connectivity index (χ2n) is 4.09. The van der Waals surface area contributed by atoms with Gasteiger partial charge in [0.1, 0.15) is 0 Å². The van der Waals surface area contributed by atoms with Gasteiger partial charge in [0.15, 0.2) is 0 Å². The van der Waals surface area contributed by atoms with Gasteiger partial charge >= 0.3 is 0 Å². The number of hydrogen-bond donors (Lipinski definition) is 1. The Bertz CT molecular complexity index is 140. The van der Waals surface area contributed by atoms with Crippen molar-refractivity contribution in [3.63, 3.8) is 0 Å². The molecule has 0 radical (unpaired) electrons. The summed E-state index contributed by atoms with van der Waals surface area (Å²) in [4.78, 5) is 0. The van der Waals surface area contributed by atoms with Crippen LogP contribution in [-0.4, -0.2) is 5.54 Å². The maximum absolute atomic E-state index is 6.05. The maximum Gasteiger partial charge on any atom is 0.0159 e. The highest BCUT2D eigenvalue weighted by molar-refractivity contribution is 5.12. The first-order valence-electron chi connectivity index (χ1n) is 3.92. The molecule has 0 unspecified atom stereocenters. The first-order chi connectivity index (χ1) is 4.13. The standard InChI is InChI=1S/C8H15N/c1-5-6-3-4-8(2,9)7(5)6/h5-7H,3-4,9H2,1-2H3/t5-,6-,7+,8-/m0/s1. The summed E-state index contributed by atoms with van der Waals surface area (Å²) in [6, 6.07) is 0. The van der Waals surface area contributed by atoms with Gasteiger partial charge in [-0.1, -0.05) is 6.92 Å². The molecule has 4 atom stereocenters. The summed E-state index contributed by atoms with van der Waals surface area (Å²) in [6.07, 6.45) is 2.64. The fraction of sp³-hybridized carbons (Fsp3) is 1.00. The molecule has 0 aromatic heterocycles. The minimum atomic E-state index is 0.198. The minimum Gasteiger partial charge on any atom is -0.325 e. The van der Waals surface area contributed by atoms with Gasteiger partial charge < -0.3 is 5.73 Å². The van der Waals surface area contributed by atoms with Gasteiger partial charge in [0, 0.05) is 5.54 Å². The second kappa shape index (κ2) is 1.34. The van der Waals surface area contributed by atoms with Crippen molar-refractivity contribution >= 4 is 0 Å². The SMILES string of the molecule is C[C@H]1[C@@H]2CC[C@](C)(N)[C@H]12. The molecule has 0 saturated heterocycles. The van der Waals surface area contributed by atoms with Gasteiger partial charge in [-0.3, -0.25) is 0 Å². The number of nitrogens with two attached hydrogens (primary N) is 1. The Kier molecular flexibility index (Phi) is 0.852. The molecule has 0 bridgehead atoms. The molecule has 0 aromatic rings.